The minimum Gasteiger partial charge on any atom is -0.328 e. The highest BCUT2D eigenvalue weighted by Crippen LogP contribution is 2.29. The monoisotopic (exact) mass is 202 g/mol. The molecule has 1 aliphatic carbocycles. The van der Waals surface area contributed by atoms with Gasteiger partial charge in [0.05, 0.1) is 0 Å². The second-order valence-electron chi connectivity index (χ2n) is 4.87. The first-order chi connectivity index (χ1) is 7.33. The molecule has 1 fully saturated rings. The van der Waals surface area contributed by atoms with Crippen molar-refractivity contribution < 1.29 is 0 Å². The quantitative estimate of drug-likeness (QED) is 0.748. The number of benzene rings is 1. The Labute approximate surface area is 91.1 Å². The van der Waals surface area contributed by atoms with E-state index in [9.17, 15) is 0 Å². The van der Waals surface area contributed by atoms with Gasteiger partial charge >= 0.3 is 0 Å². The first-order valence-corrected chi connectivity index (χ1v) is 5.89. The summed E-state index contributed by atoms with van der Waals surface area (Å²) in [5.74, 6) is 0. The summed E-state index contributed by atoms with van der Waals surface area (Å²) in [6.45, 7) is 2.35. The maximum absolute atomic E-state index is 5.84. The Kier molecular flexibility index (Phi) is 2.26. The molecule has 0 spiro atoms. The van der Waals surface area contributed by atoms with E-state index in [0.29, 0.717) is 6.04 Å². The van der Waals surface area contributed by atoms with Gasteiger partial charge in [0.25, 0.3) is 0 Å². The van der Waals surface area contributed by atoms with Crippen LogP contribution in [-0.4, -0.2) is 23.5 Å². The Morgan fingerprint density at radius 2 is 1.87 bits per heavy atom. The van der Waals surface area contributed by atoms with Crippen molar-refractivity contribution in [1.29, 1.82) is 0 Å². The molecule has 2 nitrogen and oxygen atoms in total. The van der Waals surface area contributed by atoms with Gasteiger partial charge in [-0.3, -0.25) is 4.90 Å². The molecular formula is C13H18N2. The molecule has 1 saturated carbocycles. The summed E-state index contributed by atoms with van der Waals surface area (Å²) in [6, 6.07) is 10.0. The molecule has 0 unspecified atom stereocenters. The van der Waals surface area contributed by atoms with Gasteiger partial charge in [-0.15, -0.1) is 0 Å². The lowest BCUT2D eigenvalue weighted by Crippen LogP contribution is -2.51. The van der Waals surface area contributed by atoms with Crippen LogP contribution in [0.1, 0.15) is 24.0 Å². The zero-order valence-electron chi connectivity index (χ0n) is 9.02. The second kappa shape index (κ2) is 3.62. The zero-order chi connectivity index (χ0) is 10.3. The number of rotatable bonds is 1. The molecular weight excluding hydrogens is 184 g/mol. The largest absolute Gasteiger partial charge is 0.328 e. The third kappa shape index (κ3) is 1.68. The third-order valence-corrected chi connectivity index (χ3v) is 3.83. The predicted octanol–water partition coefficient (Wildman–Crippen LogP) is 1.53. The van der Waals surface area contributed by atoms with E-state index in [1.165, 1.54) is 36.9 Å². The maximum Gasteiger partial charge on any atom is 0.0239 e. The number of hydrogen-bond acceptors (Lipinski definition) is 2. The molecule has 1 aliphatic heterocycles. The van der Waals surface area contributed by atoms with Gasteiger partial charge in [0.1, 0.15) is 0 Å². The summed E-state index contributed by atoms with van der Waals surface area (Å²) >= 11 is 0. The van der Waals surface area contributed by atoms with E-state index in [0.717, 1.165) is 12.6 Å². The van der Waals surface area contributed by atoms with E-state index in [1.54, 1.807) is 0 Å². The molecule has 2 N–H and O–H groups in total. The molecule has 15 heavy (non-hydrogen) atoms. The molecule has 80 valence electrons. The minimum atomic E-state index is 0.465. The van der Waals surface area contributed by atoms with Crippen LogP contribution in [0, 0.1) is 0 Å². The Balaban J connectivity index is 1.72. The van der Waals surface area contributed by atoms with Crippen molar-refractivity contribution in [2.45, 2.75) is 37.9 Å². The fourth-order valence-corrected chi connectivity index (χ4v) is 2.76. The number of nitrogens with two attached hydrogens (primary N) is 1. The van der Waals surface area contributed by atoms with Crippen LogP contribution in [0.5, 0.6) is 0 Å². The highest BCUT2D eigenvalue weighted by molar-refractivity contribution is 5.29. The Bertz CT molecular complexity index is 355. The molecule has 0 saturated heterocycles. The Hall–Kier alpha value is -0.860. The first-order valence-electron chi connectivity index (χ1n) is 5.89. The topological polar surface area (TPSA) is 29.3 Å². The summed E-state index contributed by atoms with van der Waals surface area (Å²) in [5, 5.41) is 0. The van der Waals surface area contributed by atoms with E-state index < -0.39 is 0 Å². The van der Waals surface area contributed by atoms with Gasteiger partial charge in [0, 0.05) is 25.2 Å². The molecule has 1 aromatic rings. The zero-order valence-corrected chi connectivity index (χ0v) is 9.02. The first kappa shape index (κ1) is 9.37. The van der Waals surface area contributed by atoms with Crippen LogP contribution in [0.25, 0.3) is 0 Å². The molecule has 0 amide bonds. The average Bonchev–Trinajstić information content (AvgIpc) is 2.24. The normalized spacial score (nSPS) is 30.7. The number of nitrogens with zero attached hydrogens (tertiary/aromatic N) is 1. The van der Waals surface area contributed by atoms with E-state index in [1.807, 2.05) is 0 Å². The molecule has 0 radical (unpaired) electrons. The van der Waals surface area contributed by atoms with Crippen molar-refractivity contribution >= 4 is 0 Å². The molecule has 1 heterocycles. The van der Waals surface area contributed by atoms with E-state index in [4.69, 9.17) is 5.73 Å². The highest BCUT2D eigenvalue weighted by Gasteiger charge is 2.32. The van der Waals surface area contributed by atoms with Gasteiger partial charge < -0.3 is 5.73 Å². The fraction of sp³-hybridized carbons (Fsp3) is 0.538. The maximum atomic E-state index is 5.84. The van der Waals surface area contributed by atoms with Crippen molar-refractivity contribution in [3.8, 4) is 0 Å². The molecule has 2 heteroatoms. The summed E-state index contributed by atoms with van der Waals surface area (Å²) in [5.41, 5.74) is 8.90. The standard InChI is InChI=1S/C13H18N2/c14-12-7-13(8-12)15-6-5-10-3-1-2-4-11(10)9-15/h1-4,12-13H,5-9,14H2. The smallest absolute Gasteiger partial charge is 0.0239 e. The van der Waals surface area contributed by atoms with Crippen LogP contribution in [0.3, 0.4) is 0 Å². The Morgan fingerprint density at radius 1 is 1.13 bits per heavy atom. The lowest BCUT2D eigenvalue weighted by atomic mass is 9.84. The van der Waals surface area contributed by atoms with E-state index >= 15 is 0 Å². The van der Waals surface area contributed by atoms with Crippen LogP contribution in [0.4, 0.5) is 0 Å². The third-order valence-electron chi connectivity index (χ3n) is 3.83. The fourth-order valence-electron chi connectivity index (χ4n) is 2.76. The number of hydrogen-bond donors (Lipinski definition) is 1. The average molecular weight is 202 g/mol. The highest BCUT2D eigenvalue weighted by atomic mass is 15.2. The van der Waals surface area contributed by atoms with Crippen LogP contribution in [-0.2, 0) is 13.0 Å². The minimum absolute atomic E-state index is 0.465. The van der Waals surface area contributed by atoms with E-state index in [-0.39, 0.29) is 0 Å². The molecule has 3 rings (SSSR count). The van der Waals surface area contributed by atoms with Crippen molar-refractivity contribution in [3.63, 3.8) is 0 Å². The van der Waals surface area contributed by atoms with Gasteiger partial charge in [-0.2, -0.15) is 0 Å². The summed E-state index contributed by atoms with van der Waals surface area (Å²) in [6.07, 6.45) is 3.60. The van der Waals surface area contributed by atoms with Gasteiger partial charge in [-0.1, -0.05) is 24.3 Å². The Morgan fingerprint density at radius 3 is 2.60 bits per heavy atom. The number of fused-ring (bicyclic) bond motifs is 1. The summed E-state index contributed by atoms with van der Waals surface area (Å²) in [4.78, 5) is 2.60. The SMILES string of the molecule is NC1CC(N2CCc3ccccc3C2)C1. The molecule has 0 bridgehead atoms. The van der Waals surface area contributed by atoms with Crippen molar-refractivity contribution in [2.24, 2.45) is 5.73 Å². The molecule has 1 aromatic carbocycles. The molecule has 0 atom stereocenters. The predicted molar refractivity (Wildman–Crippen MR) is 61.6 cm³/mol. The van der Waals surface area contributed by atoms with Crippen molar-refractivity contribution in [2.75, 3.05) is 6.54 Å². The molecule has 0 aromatic heterocycles. The van der Waals surface area contributed by atoms with E-state index in [2.05, 4.69) is 29.2 Å². The summed E-state index contributed by atoms with van der Waals surface area (Å²) in [7, 11) is 0. The van der Waals surface area contributed by atoms with Gasteiger partial charge in [-0.05, 0) is 30.4 Å². The second-order valence-corrected chi connectivity index (χ2v) is 4.87. The van der Waals surface area contributed by atoms with Gasteiger partial charge in [-0.25, -0.2) is 0 Å². The lowest BCUT2D eigenvalue weighted by Gasteiger charge is -2.43. The van der Waals surface area contributed by atoms with Crippen molar-refractivity contribution in [1.82, 2.24) is 4.90 Å². The van der Waals surface area contributed by atoms with Crippen LogP contribution in [0.2, 0.25) is 0 Å². The van der Waals surface area contributed by atoms with Crippen LogP contribution in [0.15, 0.2) is 24.3 Å². The molecule has 2 aliphatic rings. The summed E-state index contributed by atoms with van der Waals surface area (Å²) < 4.78 is 0. The van der Waals surface area contributed by atoms with Crippen LogP contribution >= 0.6 is 0 Å². The van der Waals surface area contributed by atoms with Gasteiger partial charge in [0.15, 0.2) is 0 Å². The van der Waals surface area contributed by atoms with Gasteiger partial charge in [0.2, 0.25) is 0 Å². The van der Waals surface area contributed by atoms with Crippen molar-refractivity contribution in [3.05, 3.63) is 35.4 Å². The lowest BCUT2D eigenvalue weighted by molar-refractivity contribution is 0.0976. The van der Waals surface area contributed by atoms with Crippen LogP contribution < -0.4 is 5.73 Å².